The fourth-order valence-electron chi connectivity index (χ4n) is 2.37. The molecule has 5 nitrogen and oxygen atoms in total. The van der Waals surface area contributed by atoms with Crippen LogP contribution in [0.3, 0.4) is 0 Å². The summed E-state index contributed by atoms with van der Waals surface area (Å²) >= 11 is 0. The lowest BCUT2D eigenvalue weighted by molar-refractivity contribution is -0.142. The number of carbonyl (C=O) groups excluding carboxylic acids is 2. The van der Waals surface area contributed by atoms with Crippen molar-refractivity contribution in [2.75, 3.05) is 19.7 Å². The van der Waals surface area contributed by atoms with Crippen molar-refractivity contribution in [1.29, 1.82) is 0 Å². The molecule has 1 aliphatic rings. The van der Waals surface area contributed by atoms with Gasteiger partial charge in [0.15, 0.2) is 0 Å². The van der Waals surface area contributed by atoms with E-state index >= 15 is 0 Å². The van der Waals surface area contributed by atoms with Gasteiger partial charge in [-0.1, -0.05) is 12.1 Å². The molecule has 0 radical (unpaired) electrons. The second kappa shape index (κ2) is 6.67. The van der Waals surface area contributed by atoms with Crippen LogP contribution in [-0.2, 0) is 14.3 Å². The summed E-state index contributed by atoms with van der Waals surface area (Å²) in [6.45, 7) is 4.34. The van der Waals surface area contributed by atoms with E-state index < -0.39 is 6.04 Å². The van der Waals surface area contributed by atoms with E-state index in [0.717, 1.165) is 5.56 Å². The van der Waals surface area contributed by atoms with Crippen molar-refractivity contribution in [3.63, 3.8) is 0 Å². The molecule has 0 saturated carbocycles. The Morgan fingerprint density at radius 1 is 1.38 bits per heavy atom. The van der Waals surface area contributed by atoms with Crippen molar-refractivity contribution in [1.82, 2.24) is 10.2 Å². The van der Waals surface area contributed by atoms with Crippen molar-refractivity contribution in [3.8, 4) is 0 Å². The molecule has 1 heterocycles. The molecule has 114 valence electrons. The normalized spacial score (nSPS) is 20.0. The lowest BCUT2D eigenvalue weighted by atomic mass is 10.1. The van der Waals surface area contributed by atoms with Crippen LogP contribution < -0.4 is 5.32 Å². The zero-order valence-electron chi connectivity index (χ0n) is 12.1. The minimum atomic E-state index is -0.561. The lowest BCUT2D eigenvalue weighted by Crippen LogP contribution is -2.50. The lowest BCUT2D eigenvalue weighted by Gasteiger charge is -2.34. The first-order valence-corrected chi connectivity index (χ1v) is 6.90. The molecule has 2 rings (SSSR count). The third-order valence-corrected chi connectivity index (χ3v) is 3.41. The predicted octanol–water partition coefficient (Wildman–Crippen LogP) is 1.25. The van der Waals surface area contributed by atoms with E-state index in [-0.39, 0.29) is 23.7 Å². The number of morpholine rings is 1. The second-order valence-electron chi connectivity index (χ2n) is 5.12. The Hall–Kier alpha value is -1.95. The number of ether oxygens (including phenoxy) is 1. The molecule has 1 N–H and O–H groups in total. The average Bonchev–Trinajstić information content (AvgIpc) is 2.46. The number of hydrogen-bond acceptors (Lipinski definition) is 3. The number of carbonyl (C=O) groups is 2. The molecule has 0 aromatic heterocycles. The fraction of sp³-hybridized carbons (Fsp3) is 0.467. The molecule has 1 fully saturated rings. The molecule has 1 aromatic rings. The molecule has 6 heteroatoms. The standard InChI is InChI=1S/C15H19FN2O3/c1-10(17-11(2)19)15(20)18-7-8-21-14(9-18)12-3-5-13(16)6-4-12/h3-6,10,14H,7-9H2,1-2H3,(H,17,19)/t10-,14+/m0/s1. The molecule has 1 aromatic carbocycles. The minimum Gasteiger partial charge on any atom is -0.370 e. The highest BCUT2D eigenvalue weighted by molar-refractivity contribution is 5.86. The summed E-state index contributed by atoms with van der Waals surface area (Å²) in [7, 11) is 0. The van der Waals surface area contributed by atoms with Crippen LogP contribution in [0.2, 0.25) is 0 Å². The second-order valence-corrected chi connectivity index (χ2v) is 5.12. The van der Waals surface area contributed by atoms with E-state index in [2.05, 4.69) is 5.32 Å². The molecule has 2 atom stereocenters. The molecule has 1 saturated heterocycles. The largest absolute Gasteiger partial charge is 0.370 e. The van der Waals surface area contributed by atoms with Gasteiger partial charge in [0.05, 0.1) is 13.2 Å². The van der Waals surface area contributed by atoms with Gasteiger partial charge >= 0.3 is 0 Å². The molecular formula is C15H19FN2O3. The number of halogens is 1. The van der Waals surface area contributed by atoms with E-state index in [9.17, 15) is 14.0 Å². The fourth-order valence-corrected chi connectivity index (χ4v) is 2.37. The first-order chi connectivity index (χ1) is 9.97. The molecule has 2 amide bonds. The maximum Gasteiger partial charge on any atom is 0.245 e. The quantitative estimate of drug-likeness (QED) is 0.913. The van der Waals surface area contributed by atoms with Gasteiger partial charge in [0.1, 0.15) is 18.0 Å². The highest BCUT2D eigenvalue weighted by Crippen LogP contribution is 2.22. The highest BCUT2D eigenvalue weighted by atomic mass is 19.1. The molecular weight excluding hydrogens is 275 g/mol. The zero-order chi connectivity index (χ0) is 15.4. The van der Waals surface area contributed by atoms with Crippen LogP contribution in [0.25, 0.3) is 0 Å². The van der Waals surface area contributed by atoms with E-state index in [1.807, 2.05) is 0 Å². The van der Waals surface area contributed by atoms with Gasteiger partial charge in [-0.25, -0.2) is 4.39 Å². The van der Waals surface area contributed by atoms with Crippen LogP contribution >= 0.6 is 0 Å². The molecule has 0 spiro atoms. The van der Waals surface area contributed by atoms with E-state index in [0.29, 0.717) is 19.7 Å². The topological polar surface area (TPSA) is 58.6 Å². The molecule has 0 bridgehead atoms. The summed E-state index contributed by atoms with van der Waals surface area (Å²) in [4.78, 5) is 24.9. The third-order valence-electron chi connectivity index (χ3n) is 3.41. The van der Waals surface area contributed by atoms with Crippen LogP contribution in [0.1, 0.15) is 25.5 Å². The average molecular weight is 294 g/mol. The van der Waals surface area contributed by atoms with E-state index in [1.165, 1.54) is 19.1 Å². The molecule has 0 aliphatic carbocycles. The number of rotatable bonds is 3. The van der Waals surface area contributed by atoms with Crippen molar-refractivity contribution < 1.29 is 18.7 Å². The molecule has 0 unspecified atom stereocenters. The van der Waals surface area contributed by atoms with Crippen LogP contribution in [0.4, 0.5) is 4.39 Å². The van der Waals surface area contributed by atoms with Crippen molar-refractivity contribution in [2.24, 2.45) is 0 Å². The van der Waals surface area contributed by atoms with Gasteiger partial charge in [-0.05, 0) is 24.6 Å². The molecule has 1 aliphatic heterocycles. The maximum atomic E-state index is 12.9. The number of nitrogens with zero attached hydrogens (tertiary/aromatic N) is 1. The van der Waals surface area contributed by atoms with Crippen LogP contribution in [0.5, 0.6) is 0 Å². The summed E-state index contributed by atoms with van der Waals surface area (Å²) in [6.07, 6.45) is -0.271. The predicted molar refractivity (Wildman–Crippen MR) is 75.0 cm³/mol. The third kappa shape index (κ3) is 4.01. The Morgan fingerprint density at radius 3 is 2.67 bits per heavy atom. The van der Waals surface area contributed by atoms with Gasteiger partial charge in [-0.15, -0.1) is 0 Å². The van der Waals surface area contributed by atoms with Crippen molar-refractivity contribution in [3.05, 3.63) is 35.6 Å². The van der Waals surface area contributed by atoms with Crippen LogP contribution in [0.15, 0.2) is 24.3 Å². The number of hydrogen-bond donors (Lipinski definition) is 1. The Balaban J connectivity index is 2.01. The first-order valence-electron chi connectivity index (χ1n) is 6.90. The zero-order valence-corrected chi connectivity index (χ0v) is 12.1. The van der Waals surface area contributed by atoms with Gasteiger partial charge in [-0.2, -0.15) is 0 Å². The molecule has 21 heavy (non-hydrogen) atoms. The maximum absolute atomic E-state index is 12.9. The Labute approximate surface area is 123 Å². The van der Waals surface area contributed by atoms with Gasteiger partial charge < -0.3 is 15.0 Å². The number of amides is 2. The van der Waals surface area contributed by atoms with Crippen molar-refractivity contribution >= 4 is 11.8 Å². The summed E-state index contributed by atoms with van der Waals surface area (Å²) in [5.74, 6) is -0.679. The number of benzene rings is 1. The Morgan fingerprint density at radius 2 is 2.05 bits per heavy atom. The first kappa shape index (κ1) is 15.4. The SMILES string of the molecule is CC(=O)N[C@@H](C)C(=O)N1CCO[C@@H](c2ccc(F)cc2)C1. The van der Waals surface area contributed by atoms with Gasteiger partial charge in [0.25, 0.3) is 0 Å². The Bertz CT molecular complexity index is 518. The van der Waals surface area contributed by atoms with E-state index in [4.69, 9.17) is 4.74 Å². The Kier molecular flexibility index (Phi) is 4.90. The summed E-state index contributed by atoms with van der Waals surface area (Å²) in [6, 6.07) is 5.50. The van der Waals surface area contributed by atoms with E-state index in [1.54, 1.807) is 24.0 Å². The summed E-state index contributed by atoms with van der Waals surface area (Å²) in [5, 5.41) is 2.58. The summed E-state index contributed by atoms with van der Waals surface area (Å²) in [5.41, 5.74) is 0.834. The van der Waals surface area contributed by atoms with Crippen LogP contribution in [0, 0.1) is 5.82 Å². The minimum absolute atomic E-state index is 0.138. The monoisotopic (exact) mass is 294 g/mol. The smallest absolute Gasteiger partial charge is 0.245 e. The van der Waals surface area contributed by atoms with Gasteiger partial charge in [-0.3, -0.25) is 9.59 Å². The van der Waals surface area contributed by atoms with Gasteiger partial charge in [0.2, 0.25) is 11.8 Å². The van der Waals surface area contributed by atoms with Crippen molar-refractivity contribution in [2.45, 2.75) is 26.0 Å². The summed E-state index contributed by atoms with van der Waals surface area (Å²) < 4.78 is 18.6. The van der Waals surface area contributed by atoms with Gasteiger partial charge in [0, 0.05) is 13.5 Å². The number of nitrogens with one attached hydrogen (secondary N) is 1. The van der Waals surface area contributed by atoms with Crippen LogP contribution in [-0.4, -0.2) is 42.5 Å². The highest BCUT2D eigenvalue weighted by Gasteiger charge is 2.28.